The summed E-state index contributed by atoms with van der Waals surface area (Å²) in [6, 6.07) is 2.81. The maximum Gasteiger partial charge on any atom is 0.327 e. The van der Waals surface area contributed by atoms with E-state index in [0.717, 1.165) is 11.3 Å². The predicted molar refractivity (Wildman–Crippen MR) is 82.4 cm³/mol. The van der Waals surface area contributed by atoms with Crippen LogP contribution in [0.15, 0.2) is 18.3 Å². The molecule has 0 saturated carbocycles. The first kappa shape index (κ1) is 16.3. The minimum Gasteiger partial charge on any atom is -0.480 e. The van der Waals surface area contributed by atoms with E-state index in [2.05, 4.69) is 4.98 Å². The Hall–Kier alpha value is -2.11. The number of nitrogens with zero attached hydrogens (tertiary/aromatic N) is 3. The van der Waals surface area contributed by atoms with E-state index >= 15 is 0 Å². The number of hydrogen-bond acceptors (Lipinski definition) is 3. The van der Waals surface area contributed by atoms with E-state index in [1.807, 2.05) is 39.8 Å². The number of carboxylic acids is 1. The number of aromatic nitrogens is 1. The van der Waals surface area contributed by atoms with Gasteiger partial charge in [-0.05, 0) is 24.0 Å². The van der Waals surface area contributed by atoms with Crippen LogP contribution < -0.4 is 0 Å². The van der Waals surface area contributed by atoms with Crippen LogP contribution in [0, 0.1) is 12.3 Å². The van der Waals surface area contributed by atoms with Crippen LogP contribution in [-0.2, 0) is 11.3 Å². The van der Waals surface area contributed by atoms with Gasteiger partial charge in [-0.15, -0.1) is 0 Å². The van der Waals surface area contributed by atoms with Crippen molar-refractivity contribution in [3.05, 3.63) is 29.6 Å². The molecule has 1 aliphatic heterocycles. The third-order valence-corrected chi connectivity index (χ3v) is 3.84. The molecule has 2 heterocycles. The molecule has 6 heteroatoms. The number of pyridine rings is 1. The fourth-order valence-corrected chi connectivity index (χ4v) is 2.77. The maximum absolute atomic E-state index is 12.5. The summed E-state index contributed by atoms with van der Waals surface area (Å²) in [7, 11) is 0. The Morgan fingerprint density at radius 2 is 2.05 bits per heavy atom. The van der Waals surface area contributed by atoms with Crippen molar-refractivity contribution in [3.63, 3.8) is 0 Å². The van der Waals surface area contributed by atoms with Gasteiger partial charge < -0.3 is 14.9 Å². The summed E-state index contributed by atoms with van der Waals surface area (Å²) in [6.45, 7) is 8.86. The van der Waals surface area contributed by atoms with Gasteiger partial charge in [0.05, 0.1) is 0 Å². The number of carboxylic acid groups (broad SMARTS) is 1. The van der Waals surface area contributed by atoms with Crippen LogP contribution >= 0.6 is 0 Å². The smallest absolute Gasteiger partial charge is 0.327 e. The van der Waals surface area contributed by atoms with E-state index in [0.29, 0.717) is 19.6 Å². The van der Waals surface area contributed by atoms with Crippen LogP contribution in [0.25, 0.3) is 0 Å². The summed E-state index contributed by atoms with van der Waals surface area (Å²) in [5.41, 5.74) is 1.36. The molecule has 2 amide bonds. The predicted octanol–water partition coefficient (Wildman–Crippen LogP) is 2.13. The van der Waals surface area contributed by atoms with Crippen LogP contribution in [0.5, 0.6) is 0 Å². The normalized spacial score (nSPS) is 17.0. The average Bonchev–Trinajstić information content (AvgIpc) is 2.73. The Morgan fingerprint density at radius 1 is 1.36 bits per heavy atom. The van der Waals surface area contributed by atoms with E-state index in [9.17, 15) is 14.7 Å². The molecule has 1 saturated heterocycles. The molecule has 0 spiro atoms. The van der Waals surface area contributed by atoms with Gasteiger partial charge in [-0.1, -0.05) is 26.8 Å². The standard InChI is InChI=1S/C16H23N3O3/c1-11-5-6-12(9-17-11)10-18-7-8-19(15(18)22)13(14(20)21)16(2,3)4/h5-6,9,13H,7-8,10H2,1-4H3,(H,20,21)/t13-/m1/s1. The van der Waals surface area contributed by atoms with Crippen LogP contribution in [0.1, 0.15) is 32.0 Å². The number of aliphatic carboxylic acids is 1. The van der Waals surface area contributed by atoms with Gasteiger partial charge >= 0.3 is 12.0 Å². The molecule has 1 aliphatic rings. The van der Waals surface area contributed by atoms with Crippen molar-refractivity contribution in [3.8, 4) is 0 Å². The lowest BCUT2D eigenvalue weighted by Gasteiger charge is -2.34. The van der Waals surface area contributed by atoms with E-state index in [1.165, 1.54) is 4.90 Å². The van der Waals surface area contributed by atoms with E-state index in [4.69, 9.17) is 0 Å². The molecule has 1 aromatic rings. The highest BCUT2D eigenvalue weighted by Gasteiger charge is 2.43. The monoisotopic (exact) mass is 305 g/mol. The summed E-state index contributed by atoms with van der Waals surface area (Å²) in [5.74, 6) is -0.959. The minimum atomic E-state index is -0.959. The number of carbonyl (C=O) groups excluding carboxylic acids is 1. The molecule has 0 bridgehead atoms. The summed E-state index contributed by atoms with van der Waals surface area (Å²) in [5, 5.41) is 9.47. The van der Waals surface area contributed by atoms with Crippen LogP contribution in [-0.4, -0.2) is 51.0 Å². The highest BCUT2D eigenvalue weighted by atomic mass is 16.4. The number of carbonyl (C=O) groups is 2. The molecule has 1 atom stereocenters. The molecule has 0 aromatic carbocycles. The summed E-state index contributed by atoms with van der Waals surface area (Å²) >= 11 is 0. The first-order valence-electron chi connectivity index (χ1n) is 7.40. The van der Waals surface area contributed by atoms with Crippen molar-refractivity contribution in [1.29, 1.82) is 0 Å². The second-order valence-corrected chi connectivity index (χ2v) is 6.81. The van der Waals surface area contributed by atoms with Gasteiger partial charge in [0.1, 0.15) is 6.04 Å². The molecule has 0 radical (unpaired) electrons. The van der Waals surface area contributed by atoms with Gasteiger partial charge in [0.15, 0.2) is 0 Å². The van der Waals surface area contributed by atoms with Gasteiger partial charge in [-0.3, -0.25) is 4.98 Å². The first-order chi connectivity index (χ1) is 10.2. The molecular formula is C16H23N3O3. The Bertz CT molecular complexity index is 563. The van der Waals surface area contributed by atoms with E-state index < -0.39 is 17.4 Å². The zero-order valence-corrected chi connectivity index (χ0v) is 13.5. The Balaban J connectivity index is 2.12. The summed E-state index contributed by atoms with van der Waals surface area (Å²) < 4.78 is 0. The van der Waals surface area contributed by atoms with E-state index in [1.54, 1.807) is 11.1 Å². The minimum absolute atomic E-state index is 0.220. The lowest BCUT2D eigenvalue weighted by Crippen LogP contribution is -2.50. The van der Waals surface area contributed by atoms with Crippen LogP contribution in [0.2, 0.25) is 0 Å². The van der Waals surface area contributed by atoms with Crippen molar-refractivity contribution >= 4 is 12.0 Å². The van der Waals surface area contributed by atoms with Gasteiger partial charge in [0, 0.05) is 31.5 Å². The molecule has 22 heavy (non-hydrogen) atoms. The molecule has 1 aromatic heterocycles. The van der Waals surface area contributed by atoms with Crippen molar-refractivity contribution in [2.24, 2.45) is 5.41 Å². The lowest BCUT2D eigenvalue weighted by atomic mass is 9.86. The highest BCUT2D eigenvalue weighted by Crippen LogP contribution is 2.28. The molecule has 6 nitrogen and oxygen atoms in total. The highest BCUT2D eigenvalue weighted by molar-refractivity contribution is 5.84. The third-order valence-electron chi connectivity index (χ3n) is 3.84. The number of urea groups is 1. The third kappa shape index (κ3) is 3.37. The molecular weight excluding hydrogens is 282 g/mol. The summed E-state index contributed by atoms with van der Waals surface area (Å²) in [6.07, 6.45) is 1.75. The Morgan fingerprint density at radius 3 is 2.55 bits per heavy atom. The largest absolute Gasteiger partial charge is 0.480 e. The first-order valence-corrected chi connectivity index (χ1v) is 7.40. The van der Waals surface area contributed by atoms with Crippen LogP contribution in [0.4, 0.5) is 4.79 Å². The van der Waals surface area contributed by atoms with E-state index in [-0.39, 0.29) is 6.03 Å². The lowest BCUT2D eigenvalue weighted by molar-refractivity contribution is -0.145. The number of aryl methyl sites for hydroxylation is 1. The zero-order chi connectivity index (χ0) is 16.5. The maximum atomic E-state index is 12.5. The van der Waals surface area contributed by atoms with Crippen molar-refractivity contribution in [1.82, 2.24) is 14.8 Å². The Kier molecular flexibility index (Phi) is 4.39. The zero-order valence-electron chi connectivity index (χ0n) is 13.5. The quantitative estimate of drug-likeness (QED) is 0.924. The second-order valence-electron chi connectivity index (χ2n) is 6.81. The molecule has 0 aliphatic carbocycles. The number of rotatable bonds is 4. The molecule has 1 N–H and O–H groups in total. The fourth-order valence-electron chi connectivity index (χ4n) is 2.77. The SMILES string of the molecule is Cc1ccc(CN2CCN([C@H](C(=O)O)C(C)(C)C)C2=O)cn1. The van der Waals surface area contributed by atoms with Crippen molar-refractivity contribution in [2.45, 2.75) is 40.3 Å². The van der Waals surface area contributed by atoms with Crippen molar-refractivity contribution < 1.29 is 14.7 Å². The fraction of sp³-hybridized carbons (Fsp3) is 0.562. The van der Waals surface area contributed by atoms with Gasteiger partial charge in [0.25, 0.3) is 0 Å². The molecule has 0 unspecified atom stereocenters. The molecule has 2 rings (SSSR count). The Labute approximate surface area is 130 Å². The number of amides is 2. The van der Waals surface area contributed by atoms with Crippen LogP contribution in [0.3, 0.4) is 0 Å². The molecule has 1 fully saturated rings. The van der Waals surface area contributed by atoms with Gasteiger partial charge in [-0.2, -0.15) is 0 Å². The van der Waals surface area contributed by atoms with Gasteiger partial charge in [0.2, 0.25) is 0 Å². The topological polar surface area (TPSA) is 73.7 Å². The average molecular weight is 305 g/mol. The van der Waals surface area contributed by atoms with Gasteiger partial charge in [-0.25, -0.2) is 9.59 Å². The van der Waals surface area contributed by atoms with Crippen molar-refractivity contribution in [2.75, 3.05) is 13.1 Å². The number of hydrogen-bond donors (Lipinski definition) is 1. The summed E-state index contributed by atoms with van der Waals surface area (Å²) in [4.78, 5) is 31.5. The molecule has 120 valence electrons. The second kappa shape index (κ2) is 5.94.